The Morgan fingerprint density at radius 3 is 2.50 bits per heavy atom. The van der Waals surface area contributed by atoms with E-state index >= 15 is 0 Å². The van der Waals surface area contributed by atoms with Gasteiger partial charge in [-0.25, -0.2) is 0 Å². The zero-order valence-corrected chi connectivity index (χ0v) is 11.0. The van der Waals surface area contributed by atoms with E-state index in [1.54, 1.807) is 0 Å². The number of nitrogens with zero attached hydrogens (tertiary/aromatic N) is 2. The molecule has 0 radical (unpaired) electrons. The van der Waals surface area contributed by atoms with Crippen LogP contribution in [0.2, 0.25) is 5.02 Å². The van der Waals surface area contributed by atoms with Crippen molar-refractivity contribution in [1.29, 1.82) is 0 Å². The zero-order valence-electron chi connectivity index (χ0n) is 10.3. The molecule has 9 heteroatoms. The molecule has 0 atom stereocenters. The Morgan fingerprint density at radius 1 is 1.45 bits per heavy atom. The van der Waals surface area contributed by atoms with E-state index in [1.165, 1.54) is 7.05 Å². The van der Waals surface area contributed by atoms with Gasteiger partial charge in [0.25, 0.3) is 11.6 Å². The largest absolute Gasteiger partial charge is 0.390 e. The number of carbonyl (C=O) groups excluding carboxylic acids is 1. The summed E-state index contributed by atoms with van der Waals surface area (Å²) in [6, 6.07) is 3.16. The van der Waals surface area contributed by atoms with Crippen LogP contribution in [0.1, 0.15) is 16.8 Å². The first kappa shape index (κ1) is 16.2. The second kappa shape index (κ2) is 6.08. The molecule has 0 unspecified atom stereocenters. The summed E-state index contributed by atoms with van der Waals surface area (Å²) in [7, 11) is 1.20. The summed E-state index contributed by atoms with van der Waals surface area (Å²) >= 11 is 5.73. The number of amides is 1. The molecular weight excluding hydrogens is 301 g/mol. The van der Waals surface area contributed by atoms with E-state index in [-0.39, 0.29) is 16.3 Å². The number of halogens is 4. The third kappa shape index (κ3) is 4.37. The van der Waals surface area contributed by atoms with Gasteiger partial charge in [0.1, 0.15) is 0 Å². The standard InChI is InChI=1S/C11H10ClF3N2O3/c1-16(5-4-11(13,14)15)10(18)8-3-2-7(17(19)20)6-9(8)12/h2-3,6H,4-5H2,1H3. The lowest BCUT2D eigenvalue weighted by Gasteiger charge is -2.18. The summed E-state index contributed by atoms with van der Waals surface area (Å²) in [5.41, 5.74) is -0.383. The van der Waals surface area contributed by atoms with Crippen molar-refractivity contribution in [3.8, 4) is 0 Å². The molecule has 20 heavy (non-hydrogen) atoms. The van der Waals surface area contributed by atoms with E-state index in [0.29, 0.717) is 0 Å². The zero-order chi connectivity index (χ0) is 15.5. The summed E-state index contributed by atoms with van der Waals surface area (Å²) in [6.07, 6.45) is -5.51. The molecule has 0 bridgehead atoms. The summed E-state index contributed by atoms with van der Waals surface area (Å²) in [4.78, 5) is 22.6. The molecule has 0 N–H and O–H groups in total. The van der Waals surface area contributed by atoms with Crippen molar-refractivity contribution in [2.75, 3.05) is 13.6 Å². The van der Waals surface area contributed by atoms with Gasteiger partial charge < -0.3 is 4.90 Å². The molecule has 0 saturated heterocycles. The molecule has 0 spiro atoms. The monoisotopic (exact) mass is 310 g/mol. The van der Waals surface area contributed by atoms with Crippen LogP contribution in [0.4, 0.5) is 18.9 Å². The lowest BCUT2D eigenvalue weighted by molar-refractivity contribution is -0.384. The highest BCUT2D eigenvalue weighted by molar-refractivity contribution is 6.34. The van der Waals surface area contributed by atoms with Crippen LogP contribution < -0.4 is 0 Å². The average molecular weight is 311 g/mol. The van der Waals surface area contributed by atoms with Gasteiger partial charge in [-0.05, 0) is 6.07 Å². The number of carbonyl (C=O) groups is 1. The number of hydrogen-bond donors (Lipinski definition) is 0. The van der Waals surface area contributed by atoms with Gasteiger partial charge in [0.15, 0.2) is 0 Å². The molecule has 1 amide bonds. The first-order chi connectivity index (χ1) is 9.11. The van der Waals surface area contributed by atoms with Gasteiger partial charge in [0.05, 0.1) is 21.9 Å². The van der Waals surface area contributed by atoms with E-state index in [1.807, 2.05) is 0 Å². The quantitative estimate of drug-likeness (QED) is 0.633. The van der Waals surface area contributed by atoms with Crippen LogP contribution in [0.5, 0.6) is 0 Å². The first-order valence-electron chi connectivity index (χ1n) is 5.38. The molecule has 1 aromatic rings. The van der Waals surface area contributed by atoms with Crippen LogP contribution in [-0.4, -0.2) is 35.5 Å². The van der Waals surface area contributed by atoms with E-state index in [0.717, 1.165) is 23.1 Å². The number of nitro groups is 1. The van der Waals surface area contributed by atoms with Gasteiger partial charge in [-0.3, -0.25) is 14.9 Å². The third-order valence-corrected chi connectivity index (χ3v) is 2.78. The molecular formula is C11H10ClF3N2O3. The fourth-order valence-corrected chi connectivity index (χ4v) is 1.65. The van der Waals surface area contributed by atoms with Crippen LogP contribution in [0.3, 0.4) is 0 Å². The predicted octanol–water partition coefficient (Wildman–Crippen LogP) is 3.27. The molecule has 1 rings (SSSR count). The number of nitro benzene ring substituents is 1. The van der Waals surface area contributed by atoms with Crippen LogP contribution >= 0.6 is 11.6 Å². The Bertz CT molecular complexity index is 534. The van der Waals surface area contributed by atoms with E-state index in [4.69, 9.17) is 11.6 Å². The normalized spacial score (nSPS) is 11.2. The van der Waals surface area contributed by atoms with Crippen molar-refractivity contribution in [3.63, 3.8) is 0 Å². The van der Waals surface area contributed by atoms with Crippen molar-refractivity contribution in [3.05, 3.63) is 38.9 Å². The molecule has 0 aliphatic rings. The molecule has 1 aromatic carbocycles. The maximum atomic E-state index is 12.1. The Balaban J connectivity index is 2.84. The Labute approximate surface area is 117 Å². The van der Waals surface area contributed by atoms with Crippen LogP contribution in [-0.2, 0) is 0 Å². The van der Waals surface area contributed by atoms with Crippen molar-refractivity contribution in [2.45, 2.75) is 12.6 Å². The molecule has 0 aliphatic heterocycles. The summed E-state index contributed by atoms with van der Waals surface area (Å²) in [5.74, 6) is -0.728. The number of alkyl halides is 3. The maximum Gasteiger partial charge on any atom is 0.390 e. The molecule has 0 heterocycles. The number of rotatable bonds is 4. The van der Waals surface area contributed by atoms with Crippen molar-refractivity contribution in [1.82, 2.24) is 4.90 Å². The Hall–Kier alpha value is -1.83. The first-order valence-corrected chi connectivity index (χ1v) is 5.76. The van der Waals surface area contributed by atoms with Gasteiger partial charge in [0, 0.05) is 25.7 Å². The summed E-state index contributed by atoms with van der Waals surface area (Å²) in [5, 5.41) is 10.3. The third-order valence-electron chi connectivity index (χ3n) is 2.47. The topological polar surface area (TPSA) is 63.5 Å². The van der Waals surface area contributed by atoms with Crippen molar-refractivity contribution in [2.24, 2.45) is 0 Å². The fraction of sp³-hybridized carbons (Fsp3) is 0.364. The number of benzene rings is 1. The highest BCUT2D eigenvalue weighted by Crippen LogP contribution is 2.24. The van der Waals surface area contributed by atoms with E-state index < -0.39 is 30.0 Å². The maximum absolute atomic E-state index is 12.1. The van der Waals surface area contributed by atoms with Crippen molar-refractivity contribution >= 4 is 23.2 Å². The second-order valence-corrected chi connectivity index (χ2v) is 4.42. The molecule has 0 aromatic heterocycles. The van der Waals surface area contributed by atoms with Crippen LogP contribution in [0, 0.1) is 10.1 Å². The second-order valence-electron chi connectivity index (χ2n) is 4.01. The van der Waals surface area contributed by atoms with E-state index in [2.05, 4.69) is 0 Å². The minimum atomic E-state index is -4.37. The Morgan fingerprint density at radius 2 is 2.05 bits per heavy atom. The van der Waals surface area contributed by atoms with Crippen LogP contribution in [0.15, 0.2) is 18.2 Å². The van der Waals surface area contributed by atoms with Crippen LogP contribution in [0.25, 0.3) is 0 Å². The molecule has 5 nitrogen and oxygen atoms in total. The smallest absolute Gasteiger partial charge is 0.341 e. The van der Waals surface area contributed by atoms with Gasteiger partial charge >= 0.3 is 6.18 Å². The average Bonchev–Trinajstić information content (AvgIpc) is 2.34. The summed E-state index contributed by atoms with van der Waals surface area (Å²) < 4.78 is 36.2. The lowest BCUT2D eigenvalue weighted by atomic mass is 10.2. The number of hydrogen-bond acceptors (Lipinski definition) is 3. The lowest BCUT2D eigenvalue weighted by Crippen LogP contribution is -2.30. The minimum Gasteiger partial charge on any atom is -0.341 e. The molecule has 0 saturated carbocycles. The summed E-state index contributed by atoms with van der Waals surface area (Å²) in [6.45, 7) is -0.518. The molecule has 0 fully saturated rings. The highest BCUT2D eigenvalue weighted by atomic mass is 35.5. The van der Waals surface area contributed by atoms with E-state index in [9.17, 15) is 28.1 Å². The van der Waals surface area contributed by atoms with Gasteiger partial charge in [-0.15, -0.1) is 0 Å². The highest BCUT2D eigenvalue weighted by Gasteiger charge is 2.28. The fourth-order valence-electron chi connectivity index (χ4n) is 1.39. The minimum absolute atomic E-state index is 0.0815. The molecule has 0 aliphatic carbocycles. The molecule has 110 valence electrons. The van der Waals surface area contributed by atoms with Crippen molar-refractivity contribution < 1.29 is 22.9 Å². The Kier molecular flexibility index (Phi) is 4.93. The predicted molar refractivity (Wildman–Crippen MR) is 65.7 cm³/mol. The van der Waals surface area contributed by atoms with Gasteiger partial charge in [-0.2, -0.15) is 13.2 Å². The van der Waals surface area contributed by atoms with Gasteiger partial charge in [0.2, 0.25) is 0 Å². The number of non-ortho nitro benzene ring substituents is 1. The SMILES string of the molecule is CN(CCC(F)(F)F)C(=O)c1ccc([N+](=O)[O-])cc1Cl. The van der Waals surface area contributed by atoms with Gasteiger partial charge in [-0.1, -0.05) is 11.6 Å².